The van der Waals surface area contributed by atoms with E-state index in [1.165, 1.54) is 6.92 Å². The molecule has 2 amide bonds. The summed E-state index contributed by atoms with van der Waals surface area (Å²) in [4.78, 5) is 35.0. The predicted octanol–water partition coefficient (Wildman–Crippen LogP) is 3.04. The van der Waals surface area contributed by atoms with Crippen LogP contribution in [0.15, 0.2) is 53.0 Å². The van der Waals surface area contributed by atoms with Gasteiger partial charge in [0.15, 0.2) is 11.9 Å². The van der Waals surface area contributed by atoms with Gasteiger partial charge in [-0.05, 0) is 56.3 Å². The molecule has 0 bridgehead atoms. The Labute approximate surface area is 171 Å². The normalized spacial score (nSPS) is 11.2. The molecule has 0 aromatic heterocycles. The number of Topliss-reactive ketones (excluding diaryl/α,β-unsaturated/α-hetero) is 1. The van der Waals surface area contributed by atoms with Crippen LogP contribution in [-0.2, 0) is 9.59 Å². The second kappa shape index (κ2) is 10.5. The van der Waals surface area contributed by atoms with Crippen molar-refractivity contribution in [3.63, 3.8) is 0 Å². The van der Waals surface area contributed by atoms with Crippen molar-refractivity contribution >= 4 is 33.5 Å². The molecule has 0 aliphatic heterocycles. The average molecular weight is 449 g/mol. The maximum absolute atomic E-state index is 12.0. The number of carbonyl (C=O) groups is 3. The van der Waals surface area contributed by atoms with E-state index >= 15 is 0 Å². The number of ketones is 1. The summed E-state index contributed by atoms with van der Waals surface area (Å²) in [7, 11) is 0. The molecule has 0 radical (unpaired) electrons. The Morgan fingerprint density at radius 1 is 1.04 bits per heavy atom. The van der Waals surface area contributed by atoms with E-state index in [0.717, 1.165) is 4.47 Å². The van der Waals surface area contributed by atoms with Gasteiger partial charge in [-0.1, -0.05) is 22.0 Å². The first kappa shape index (κ1) is 21.4. The van der Waals surface area contributed by atoms with Gasteiger partial charge in [0, 0.05) is 10.0 Å². The Balaban J connectivity index is 1.68. The van der Waals surface area contributed by atoms with Gasteiger partial charge in [0.25, 0.3) is 5.91 Å². The van der Waals surface area contributed by atoms with E-state index in [0.29, 0.717) is 17.1 Å². The summed E-state index contributed by atoms with van der Waals surface area (Å²) >= 11 is 3.33. The number of nitrogens with one attached hydrogen (secondary N) is 2. The number of hydrogen-bond donors (Lipinski definition) is 2. The molecular weight excluding hydrogens is 428 g/mol. The van der Waals surface area contributed by atoms with Gasteiger partial charge >= 0.3 is 0 Å². The van der Waals surface area contributed by atoms with E-state index in [1.807, 2.05) is 6.07 Å². The van der Waals surface area contributed by atoms with Crippen molar-refractivity contribution in [3.8, 4) is 11.5 Å². The van der Waals surface area contributed by atoms with Gasteiger partial charge in [-0.15, -0.1) is 0 Å². The number of ether oxygens (including phenoxy) is 2. The molecule has 2 aromatic rings. The summed E-state index contributed by atoms with van der Waals surface area (Å²) in [6.07, 6.45) is -0.735. The second-order valence-corrected chi connectivity index (χ2v) is 6.85. The minimum absolute atomic E-state index is 0.0280. The van der Waals surface area contributed by atoms with Crippen LogP contribution >= 0.6 is 15.9 Å². The number of halogens is 1. The lowest BCUT2D eigenvalue weighted by Gasteiger charge is -2.15. The fourth-order valence-electron chi connectivity index (χ4n) is 2.14. The highest BCUT2D eigenvalue weighted by atomic mass is 79.9. The third kappa shape index (κ3) is 7.03. The van der Waals surface area contributed by atoms with Crippen molar-refractivity contribution in [3.05, 3.63) is 58.6 Å². The zero-order chi connectivity index (χ0) is 20.5. The number of hydrogen-bond acceptors (Lipinski definition) is 5. The fourth-order valence-corrected chi connectivity index (χ4v) is 2.52. The van der Waals surface area contributed by atoms with Gasteiger partial charge in [-0.2, -0.15) is 0 Å². The highest BCUT2D eigenvalue weighted by Crippen LogP contribution is 2.18. The van der Waals surface area contributed by atoms with Crippen molar-refractivity contribution in [2.24, 2.45) is 0 Å². The van der Waals surface area contributed by atoms with Crippen LogP contribution in [0.4, 0.5) is 0 Å². The molecule has 148 valence electrons. The minimum Gasteiger partial charge on any atom is -0.493 e. The van der Waals surface area contributed by atoms with Crippen LogP contribution in [0.25, 0.3) is 0 Å². The molecule has 28 heavy (non-hydrogen) atoms. The standard InChI is InChI=1S/C20H21BrN2O5/c1-13(24)15-6-8-17(9-7-15)27-11-10-19(25)22-23-20(26)14(2)28-18-5-3-4-16(21)12-18/h3-9,12,14H,10-11H2,1-2H3,(H,22,25)(H,23,26). The quantitative estimate of drug-likeness (QED) is 0.478. The molecule has 7 nitrogen and oxygen atoms in total. The van der Waals surface area contributed by atoms with E-state index in [1.54, 1.807) is 49.4 Å². The second-order valence-electron chi connectivity index (χ2n) is 5.93. The summed E-state index contributed by atoms with van der Waals surface area (Å²) in [6.45, 7) is 3.20. The van der Waals surface area contributed by atoms with Crippen LogP contribution in [0.5, 0.6) is 11.5 Å². The van der Waals surface area contributed by atoms with Crippen molar-refractivity contribution < 1.29 is 23.9 Å². The zero-order valence-corrected chi connectivity index (χ0v) is 17.1. The first-order valence-corrected chi connectivity index (χ1v) is 9.39. The molecule has 1 atom stereocenters. The van der Waals surface area contributed by atoms with E-state index in [-0.39, 0.29) is 18.8 Å². The molecule has 0 saturated heterocycles. The monoisotopic (exact) mass is 448 g/mol. The van der Waals surface area contributed by atoms with Crippen molar-refractivity contribution in [1.29, 1.82) is 0 Å². The minimum atomic E-state index is -0.786. The highest BCUT2D eigenvalue weighted by Gasteiger charge is 2.15. The van der Waals surface area contributed by atoms with Gasteiger partial charge in [0.2, 0.25) is 5.91 Å². The van der Waals surface area contributed by atoms with E-state index < -0.39 is 17.9 Å². The van der Waals surface area contributed by atoms with Crippen LogP contribution in [-0.4, -0.2) is 30.3 Å². The molecule has 0 aliphatic rings. The van der Waals surface area contributed by atoms with Crippen LogP contribution in [0.3, 0.4) is 0 Å². The molecule has 2 N–H and O–H groups in total. The Hall–Kier alpha value is -2.87. The molecule has 2 rings (SSSR count). The Kier molecular flexibility index (Phi) is 8.01. The third-order valence-corrected chi connectivity index (χ3v) is 4.16. The topological polar surface area (TPSA) is 93.7 Å². The molecular formula is C20H21BrN2O5. The summed E-state index contributed by atoms with van der Waals surface area (Å²) in [5, 5.41) is 0. The number of hydrazine groups is 1. The average Bonchev–Trinajstić information content (AvgIpc) is 2.66. The number of benzene rings is 2. The van der Waals surface area contributed by atoms with Crippen LogP contribution < -0.4 is 20.3 Å². The summed E-state index contributed by atoms with van der Waals surface area (Å²) in [5.74, 6) is 0.183. The molecule has 0 saturated carbocycles. The van der Waals surface area contributed by atoms with E-state index in [4.69, 9.17) is 9.47 Å². The van der Waals surface area contributed by atoms with Crippen LogP contribution in [0.2, 0.25) is 0 Å². The first-order valence-electron chi connectivity index (χ1n) is 8.60. The smallest absolute Gasteiger partial charge is 0.279 e. The SMILES string of the molecule is CC(=O)c1ccc(OCCC(=O)NNC(=O)C(C)Oc2cccc(Br)c2)cc1. The van der Waals surface area contributed by atoms with Gasteiger partial charge in [-0.3, -0.25) is 25.2 Å². The Morgan fingerprint density at radius 2 is 1.75 bits per heavy atom. The van der Waals surface area contributed by atoms with Gasteiger partial charge in [0.1, 0.15) is 11.5 Å². The number of carbonyl (C=O) groups excluding carboxylic acids is 3. The lowest BCUT2D eigenvalue weighted by atomic mass is 10.1. The van der Waals surface area contributed by atoms with E-state index in [2.05, 4.69) is 26.8 Å². The summed E-state index contributed by atoms with van der Waals surface area (Å²) < 4.78 is 11.8. The third-order valence-electron chi connectivity index (χ3n) is 3.66. The highest BCUT2D eigenvalue weighted by molar-refractivity contribution is 9.10. The largest absolute Gasteiger partial charge is 0.493 e. The predicted molar refractivity (Wildman–Crippen MR) is 107 cm³/mol. The molecule has 2 aromatic carbocycles. The van der Waals surface area contributed by atoms with Crippen molar-refractivity contribution in [2.75, 3.05) is 6.61 Å². The molecule has 0 fully saturated rings. The van der Waals surface area contributed by atoms with Gasteiger partial charge in [-0.25, -0.2) is 0 Å². The molecule has 1 unspecified atom stereocenters. The molecule has 8 heteroatoms. The number of rotatable bonds is 8. The van der Waals surface area contributed by atoms with E-state index in [9.17, 15) is 14.4 Å². The van der Waals surface area contributed by atoms with Crippen molar-refractivity contribution in [1.82, 2.24) is 10.9 Å². The molecule has 0 heterocycles. The van der Waals surface area contributed by atoms with Gasteiger partial charge in [0.05, 0.1) is 13.0 Å². The lowest BCUT2D eigenvalue weighted by molar-refractivity contribution is -0.132. The summed E-state index contributed by atoms with van der Waals surface area (Å²) in [6, 6.07) is 13.7. The summed E-state index contributed by atoms with van der Waals surface area (Å²) in [5.41, 5.74) is 5.23. The maximum Gasteiger partial charge on any atom is 0.279 e. The Morgan fingerprint density at radius 3 is 2.39 bits per heavy atom. The fraction of sp³-hybridized carbons (Fsp3) is 0.250. The van der Waals surface area contributed by atoms with Gasteiger partial charge < -0.3 is 9.47 Å². The zero-order valence-electron chi connectivity index (χ0n) is 15.5. The molecule has 0 spiro atoms. The Bertz CT molecular complexity index is 839. The van der Waals surface area contributed by atoms with Crippen LogP contribution in [0.1, 0.15) is 30.6 Å². The molecule has 0 aliphatic carbocycles. The maximum atomic E-state index is 12.0. The van der Waals surface area contributed by atoms with Crippen LogP contribution in [0, 0.1) is 0 Å². The van der Waals surface area contributed by atoms with Crippen molar-refractivity contribution in [2.45, 2.75) is 26.4 Å². The lowest BCUT2D eigenvalue weighted by Crippen LogP contribution is -2.47. The first-order chi connectivity index (χ1) is 13.3. The number of amides is 2.